The molecule has 1 N–H and O–H groups in total. The summed E-state index contributed by atoms with van der Waals surface area (Å²) in [6, 6.07) is 0.346. The van der Waals surface area contributed by atoms with Crippen LogP contribution in [0.15, 0.2) is 12.2 Å². The average molecular weight is 169 g/mol. The number of carbonyl (C=O) groups excluding carboxylic acids is 1. The first-order valence-electron chi connectivity index (χ1n) is 4.67. The molecule has 0 fully saturated rings. The molecule has 1 amide bonds. The molecule has 0 aliphatic rings. The quantitative estimate of drug-likeness (QED) is 0.628. The second-order valence-corrected chi connectivity index (χ2v) is 2.90. The summed E-state index contributed by atoms with van der Waals surface area (Å²) < 4.78 is 0. The summed E-state index contributed by atoms with van der Waals surface area (Å²) in [4.78, 5) is 11.1. The van der Waals surface area contributed by atoms with Crippen LogP contribution in [0, 0.1) is 0 Å². The molecule has 0 heterocycles. The molecule has 0 radical (unpaired) electrons. The van der Waals surface area contributed by atoms with Crippen LogP contribution < -0.4 is 5.32 Å². The third-order valence-electron chi connectivity index (χ3n) is 1.79. The fourth-order valence-corrected chi connectivity index (χ4v) is 1.13. The Hall–Kier alpha value is -0.790. The van der Waals surface area contributed by atoms with Gasteiger partial charge in [0, 0.05) is 6.04 Å². The van der Waals surface area contributed by atoms with Crippen molar-refractivity contribution in [2.45, 2.75) is 46.1 Å². The predicted octanol–water partition coefficient (Wildman–Crippen LogP) is 2.26. The first-order valence-corrected chi connectivity index (χ1v) is 4.67. The summed E-state index contributed by atoms with van der Waals surface area (Å²) in [7, 11) is 0. The molecule has 0 aromatic rings. The van der Waals surface area contributed by atoms with Crippen molar-refractivity contribution in [3.05, 3.63) is 12.2 Å². The molecular formula is C10H19NO. The van der Waals surface area contributed by atoms with E-state index in [0.717, 1.165) is 19.3 Å². The third-order valence-corrected chi connectivity index (χ3v) is 1.79. The highest BCUT2D eigenvalue weighted by Gasteiger charge is 2.05. The van der Waals surface area contributed by atoms with Gasteiger partial charge in [-0.2, -0.15) is 0 Å². The summed E-state index contributed by atoms with van der Waals surface area (Å²) in [6.07, 6.45) is 6.53. The summed E-state index contributed by atoms with van der Waals surface area (Å²) in [5.41, 5.74) is 0. The van der Waals surface area contributed by atoms with Crippen LogP contribution in [0.4, 0.5) is 0 Å². The molecule has 0 aliphatic heterocycles. The van der Waals surface area contributed by atoms with Crippen molar-refractivity contribution in [1.82, 2.24) is 5.32 Å². The Bertz CT molecular complexity index is 152. The van der Waals surface area contributed by atoms with Crippen molar-refractivity contribution < 1.29 is 4.79 Å². The molecule has 2 heteroatoms. The van der Waals surface area contributed by atoms with Gasteiger partial charge in [0.15, 0.2) is 0 Å². The van der Waals surface area contributed by atoms with Gasteiger partial charge in [-0.25, -0.2) is 0 Å². The average Bonchev–Trinajstić information content (AvgIpc) is 2.04. The normalized spacial score (nSPS) is 13.2. The fraction of sp³-hybridized carbons (Fsp3) is 0.700. The zero-order chi connectivity index (χ0) is 9.40. The van der Waals surface area contributed by atoms with Crippen molar-refractivity contribution in [2.24, 2.45) is 0 Å². The van der Waals surface area contributed by atoms with Crippen LogP contribution in [0.3, 0.4) is 0 Å². The molecular weight excluding hydrogens is 150 g/mol. The minimum Gasteiger partial charge on any atom is -0.350 e. The first kappa shape index (κ1) is 11.2. The van der Waals surface area contributed by atoms with Gasteiger partial charge in [-0.3, -0.25) is 4.79 Å². The van der Waals surface area contributed by atoms with E-state index in [1.54, 1.807) is 12.2 Å². The van der Waals surface area contributed by atoms with Crippen LogP contribution in [0.1, 0.15) is 40.0 Å². The standard InChI is InChI=1S/C10H19NO/c1-4-7-9(6-3)11-10(12)8-5-2/h5,8-9H,4,6-7H2,1-3H3,(H,11,12). The van der Waals surface area contributed by atoms with Crippen molar-refractivity contribution in [3.63, 3.8) is 0 Å². The summed E-state index contributed by atoms with van der Waals surface area (Å²) in [5.74, 6) is 0.0257. The molecule has 0 saturated heterocycles. The Morgan fingerprint density at radius 1 is 1.50 bits per heavy atom. The van der Waals surface area contributed by atoms with E-state index in [9.17, 15) is 4.79 Å². The lowest BCUT2D eigenvalue weighted by atomic mass is 10.1. The molecule has 0 saturated carbocycles. The van der Waals surface area contributed by atoms with Gasteiger partial charge in [0.1, 0.15) is 0 Å². The number of allylic oxidation sites excluding steroid dienone is 1. The number of rotatable bonds is 5. The Labute approximate surface area is 75.0 Å². The van der Waals surface area contributed by atoms with Crippen molar-refractivity contribution in [1.29, 1.82) is 0 Å². The van der Waals surface area contributed by atoms with E-state index in [2.05, 4.69) is 19.2 Å². The van der Waals surface area contributed by atoms with Crippen molar-refractivity contribution in [3.8, 4) is 0 Å². The zero-order valence-electron chi connectivity index (χ0n) is 8.26. The van der Waals surface area contributed by atoms with Crippen LogP contribution in [0.25, 0.3) is 0 Å². The minimum atomic E-state index is 0.0257. The highest BCUT2D eigenvalue weighted by molar-refractivity contribution is 5.87. The topological polar surface area (TPSA) is 29.1 Å². The third kappa shape index (κ3) is 4.94. The van der Waals surface area contributed by atoms with Gasteiger partial charge in [0.2, 0.25) is 5.91 Å². The number of hydrogen-bond acceptors (Lipinski definition) is 1. The Balaban J connectivity index is 3.76. The number of carbonyl (C=O) groups is 1. The number of amides is 1. The van der Waals surface area contributed by atoms with Gasteiger partial charge in [-0.1, -0.05) is 26.3 Å². The number of nitrogens with one attached hydrogen (secondary N) is 1. The summed E-state index contributed by atoms with van der Waals surface area (Å²) in [5, 5.41) is 2.94. The summed E-state index contributed by atoms with van der Waals surface area (Å²) >= 11 is 0. The highest BCUT2D eigenvalue weighted by atomic mass is 16.1. The van der Waals surface area contributed by atoms with E-state index in [4.69, 9.17) is 0 Å². The largest absolute Gasteiger partial charge is 0.350 e. The van der Waals surface area contributed by atoms with Crippen molar-refractivity contribution >= 4 is 5.91 Å². The first-order chi connectivity index (χ1) is 5.74. The second-order valence-electron chi connectivity index (χ2n) is 2.90. The van der Waals surface area contributed by atoms with E-state index in [1.807, 2.05) is 6.92 Å². The number of hydrogen-bond donors (Lipinski definition) is 1. The van der Waals surface area contributed by atoms with E-state index in [-0.39, 0.29) is 5.91 Å². The molecule has 0 aliphatic carbocycles. The van der Waals surface area contributed by atoms with Gasteiger partial charge in [-0.05, 0) is 25.8 Å². The fourth-order valence-electron chi connectivity index (χ4n) is 1.13. The second kappa shape index (κ2) is 6.89. The lowest BCUT2D eigenvalue weighted by molar-refractivity contribution is -0.117. The molecule has 12 heavy (non-hydrogen) atoms. The Morgan fingerprint density at radius 2 is 2.17 bits per heavy atom. The van der Waals surface area contributed by atoms with Crippen molar-refractivity contribution in [2.75, 3.05) is 0 Å². The molecule has 0 bridgehead atoms. The molecule has 1 atom stereocenters. The van der Waals surface area contributed by atoms with Gasteiger partial charge in [0.25, 0.3) is 0 Å². The molecule has 1 unspecified atom stereocenters. The SMILES string of the molecule is CC=CC(=O)NC(CC)CCC. The maximum atomic E-state index is 11.1. The van der Waals surface area contributed by atoms with E-state index < -0.39 is 0 Å². The van der Waals surface area contributed by atoms with Crippen LogP contribution in [-0.2, 0) is 4.79 Å². The van der Waals surface area contributed by atoms with Gasteiger partial charge in [0.05, 0.1) is 0 Å². The molecule has 70 valence electrons. The molecule has 2 nitrogen and oxygen atoms in total. The van der Waals surface area contributed by atoms with Gasteiger partial charge < -0.3 is 5.32 Å². The lowest BCUT2D eigenvalue weighted by Gasteiger charge is -2.14. The van der Waals surface area contributed by atoms with E-state index in [0.29, 0.717) is 6.04 Å². The molecule has 0 rings (SSSR count). The van der Waals surface area contributed by atoms with Gasteiger partial charge in [-0.15, -0.1) is 0 Å². The van der Waals surface area contributed by atoms with E-state index >= 15 is 0 Å². The zero-order valence-corrected chi connectivity index (χ0v) is 8.26. The van der Waals surface area contributed by atoms with Gasteiger partial charge >= 0.3 is 0 Å². The maximum absolute atomic E-state index is 11.1. The minimum absolute atomic E-state index is 0.0257. The Kier molecular flexibility index (Phi) is 6.44. The van der Waals surface area contributed by atoms with Crippen LogP contribution in [0.2, 0.25) is 0 Å². The molecule has 0 spiro atoms. The van der Waals surface area contributed by atoms with Crippen LogP contribution >= 0.6 is 0 Å². The van der Waals surface area contributed by atoms with Crippen LogP contribution in [0.5, 0.6) is 0 Å². The Morgan fingerprint density at radius 3 is 2.58 bits per heavy atom. The highest BCUT2D eigenvalue weighted by Crippen LogP contribution is 2.00. The van der Waals surface area contributed by atoms with E-state index in [1.165, 1.54) is 0 Å². The monoisotopic (exact) mass is 169 g/mol. The van der Waals surface area contributed by atoms with Crippen LogP contribution in [-0.4, -0.2) is 11.9 Å². The molecule has 0 aromatic carbocycles. The smallest absolute Gasteiger partial charge is 0.243 e. The lowest BCUT2D eigenvalue weighted by Crippen LogP contribution is -2.32. The predicted molar refractivity (Wildman–Crippen MR) is 51.9 cm³/mol. The maximum Gasteiger partial charge on any atom is 0.243 e. The molecule has 0 aromatic heterocycles. The summed E-state index contributed by atoms with van der Waals surface area (Å²) in [6.45, 7) is 6.07.